The molecule has 1 aromatic carbocycles. The van der Waals surface area contributed by atoms with E-state index in [4.69, 9.17) is 16.3 Å². The second kappa shape index (κ2) is 7.44. The van der Waals surface area contributed by atoms with Gasteiger partial charge in [0.1, 0.15) is 5.56 Å². The van der Waals surface area contributed by atoms with Crippen molar-refractivity contribution in [3.63, 3.8) is 0 Å². The Labute approximate surface area is 172 Å². The maximum Gasteiger partial charge on any atom is 0.341 e. The summed E-state index contributed by atoms with van der Waals surface area (Å²) in [5.41, 5.74) is 1.62. The zero-order valence-electron chi connectivity index (χ0n) is 13.9. The minimum atomic E-state index is -0.497. The first kappa shape index (κ1) is 18.2. The van der Waals surface area contributed by atoms with Gasteiger partial charge in [-0.2, -0.15) is 0 Å². The molecule has 3 heterocycles. The highest BCUT2D eigenvalue weighted by atomic mass is 35.5. The fraction of sp³-hybridized carbons (Fsp3) is 0.0526. The van der Waals surface area contributed by atoms with Crippen LogP contribution >= 0.6 is 45.6 Å². The molecule has 27 heavy (non-hydrogen) atoms. The summed E-state index contributed by atoms with van der Waals surface area (Å²) in [4.78, 5) is 26.4. The van der Waals surface area contributed by atoms with Crippen molar-refractivity contribution in [2.45, 2.75) is 0 Å². The van der Waals surface area contributed by atoms with E-state index in [1.54, 1.807) is 28.8 Å². The van der Waals surface area contributed by atoms with Crippen LogP contribution in [0.3, 0.4) is 0 Å². The lowest BCUT2D eigenvalue weighted by molar-refractivity contribution is 0.0603. The third-order valence-electron chi connectivity index (χ3n) is 3.90. The van der Waals surface area contributed by atoms with Crippen LogP contribution < -0.4 is 5.32 Å². The highest BCUT2D eigenvalue weighted by Gasteiger charge is 2.23. The molecule has 4 rings (SSSR count). The molecule has 0 saturated carbocycles. The van der Waals surface area contributed by atoms with E-state index >= 15 is 0 Å². The van der Waals surface area contributed by atoms with Gasteiger partial charge in [0.15, 0.2) is 0 Å². The molecule has 3 aromatic heterocycles. The fourth-order valence-electron chi connectivity index (χ4n) is 2.63. The summed E-state index contributed by atoms with van der Waals surface area (Å²) in [6.07, 6.45) is 0. The first-order valence-electron chi connectivity index (χ1n) is 7.81. The lowest BCUT2D eigenvalue weighted by Crippen LogP contribution is -2.13. The van der Waals surface area contributed by atoms with E-state index in [0.29, 0.717) is 21.2 Å². The fourth-order valence-corrected chi connectivity index (χ4v) is 5.76. The van der Waals surface area contributed by atoms with Crippen LogP contribution in [0.15, 0.2) is 47.2 Å². The summed E-state index contributed by atoms with van der Waals surface area (Å²) in [5.74, 6) is -0.738. The van der Waals surface area contributed by atoms with Crippen LogP contribution in [0.1, 0.15) is 20.0 Å². The quantitative estimate of drug-likeness (QED) is 0.379. The van der Waals surface area contributed by atoms with Gasteiger partial charge in [-0.1, -0.05) is 23.7 Å². The molecule has 1 amide bonds. The number of methoxy groups -OCH3 is 1. The largest absolute Gasteiger partial charge is 0.465 e. The van der Waals surface area contributed by atoms with Gasteiger partial charge >= 0.3 is 5.97 Å². The highest BCUT2D eigenvalue weighted by molar-refractivity contribution is 7.28. The van der Waals surface area contributed by atoms with Crippen LogP contribution in [0.5, 0.6) is 0 Å². The van der Waals surface area contributed by atoms with Crippen molar-refractivity contribution in [3.05, 3.63) is 62.6 Å². The molecule has 136 valence electrons. The summed E-state index contributed by atoms with van der Waals surface area (Å²) < 4.78 is 7.09. The number of ether oxygens (including phenoxy) is 1. The first-order chi connectivity index (χ1) is 13.1. The van der Waals surface area contributed by atoms with E-state index < -0.39 is 5.97 Å². The zero-order valence-corrected chi connectivity index (χ0v) is 17.2. The number of rotatable bonds is 4. The SMILES string of the molecule is COC(=O)c1c(NC(=O)c2cc3sccc3s2)csc1-c1ccc(Cl)cc1. The monoisotopic (exact) mass is 433 g/mol. The number of benzene rings is 1. The standard InChI is InChI=1S/C19H12ClNO3S3/c1-24-19(23)16-12(9-26-17(16)10-2-4-11(20)5-3-10)21-18(22)15-8-14-13(27-15)6-7-25-14/h2-9H,1H3,(H,21,22). The molecule has 8 heteroatoms. The van der Waals surface area contributed by atoms with Crippen molar-refractivity contribution in [1.29, 1.82) is 0 Å². The third kappa shape index (κ3) is 3.51. The van der Waals surface area contributed by atoms with Gasteiger partial charge in [-0.05, 0) is 35.2 Å². The molecule has 0 aliphatic rings. The average molecular weight is 434 g/mol. The number of thiophene rings is 3. The van der Waals surface area contributed by atoms with Crippen molar-refractivity contribution in [1.82, 2.24) is 0 Å². The van der Waals surface area contributed by atoms with Crippen LogP contribution in [-0.2, 0) is 4.74 Å². The smallest absolute Gasteiger partial charge is 0.341 e. The molecule has 0 spiro atoms. The lowest BCUT2D eigenvalue weighted by Gasteiger charge is -2.07. The van der Waals surface area contributed by atoms with Crippen LogP contribution in [-0.4, -0.2) is 19.0 Å². The van der Waals surface area contributed by atoms with Gasteiger partial charge in [-0.3, -0.25) is 4.79 Å². The summed E-state index contributed by atoms with van der Waals surface area (Å²) in [6, 6.07) is 11.0. The molecular formula is C19H12ClNO3S3. The van der Waals surface area contributed by atoms with Gasteiger partial charge in [0.25, 0.3) is 5.91 Å². The Bertz CT molecular complexity index is 1110. The van der Waals surface area contributed by atoms with Gasteiger partial charge in [0, 0.05) is 19.8 Å². The average Bonchev–Trinajstić information content (AvgIpc) is 3.36. The van der Waals surface area contributed by atoms with Crippen LogP contribution in [0, 0.1) is 0 Å². The Morgan fingerprint density at radius 2 is 1.85 bits per heavy atom. The van der Waals surface area contributed by atoms with Crippen molar-refractivity contribution < 1.29 is 14.3 Å². The number of carbonyl (C=O) groups excluding carboxylic acids is 2. The van der Waals surface area contributed by atoms with Gasteiger partial charge in [0.05, 0.1) is 22.6 Å². The summed E-state index contributed by atoms with van der Waals surface area (Å²) in [5, 5.41) is 7.22. The van der Waals surface area contributed by atoms with Crippen LogP contribution in [0.2, 0.25) is 5.02 Å². The minimum Gasteiger partial charge on any atom is -0.465 e. The van der Waals surface area contributed by atoms with E-state index in [1.807, 2.05) is 29.6 Å². The molecule has 0 fully saturated rings. The van der Waals surface area contributed by atoms with Crippen molar-refractivity contribution in [3.8, 4) is 10.4 Å². The Hall–Kier alpha value is -2.19. The van der Waals surface area contributed by atoms with E-state index in [1.165, 1.54) is 29.8 Å². The third-order valence-corrected chi connectivity index (χ3v) is 7.27. The van der Waals surface area contributed by atoms with E-state index in [2.05, 4.69) is 5.32 Å². The predicted molar refractivity (Wildman–Crippen MR) is 114 cm³/mol. The zero-order chi connectivity index (χ0) is 19.0. The maximum atomic E-state index is 12.7. The van der Waals surface area contributed by atoms with E-state index in [0.717, 1.165) is 19.8 Å². The number of fused-ring (bicyclic) bond motifs is 1. The topological polar surface area (TPSA) is 55.4 Å². The molecule has 4 nitrogen and oxygen atoms in total. The van der Waals surface area contributed by atoms with Crippen LogP contribution in [0.25, 0.3) is 19.8 Å². The molecule has 0 aliphatic carbocycles. The number of nitrogens with one attached hydrogen (secondary N) is 1. The number of carbonyl (C=O) groups is 2. The first-order valence-corrected chi connectivity index (χ1v) is 10.8. The molecule has 0 aliphatic heterocycles. The van der Waals surface area contributed by atoms with E-state index in [-0.39, 0.29) is 5.91 Å². The summed E-state index contributed by atoms with van der Waals surface area (Å²) >= 11 is 10.3. The number of esters is 1. The van der Waals surface area contributed by atoms with Gasteiger partial charge in [-0.15, -0.1) is 34.0 Å². The molecule has 0 saturated heterocycles. The lowest BCUT2D eigenvalue weighted by atomic mass is 10.1. The molecule has 0 radical (unpaired) electrons. The Balaban J connectivity index is 1.69. The van der Waals surface area contributed by atoms with E-state index in [9.17, 15) is 9.59 Å². The number of amides is 1. The highest BCUT2D eigenvalue weighted by Crippen LogP contribution is 2.38. The second-order valence-corrected chi connectivity index (χ2v) is 8.91. The maximum absolute atomic E-state index is 12.7. The Morgan fingerprint density at radius 3 is 2.56 bits per heavy atom. The number of halogens is 1. The van der Waals surface area contributed by atoms with Crippen molar-refractivity contribution in [2.24, 2.45) is 0 Å². The molecule has 0 bridgehead atoms. The number of hydrogen-bond acceptors (Lipinski definition) is 6. The summed E-state index contributed by atoms with van der Waals surface area (Å²) in [6.45, 7) is 0. The summed E-state index contributed by atoms with van der Waals surface area (Å²) in [7, 11) is 1.32. The van der Waals surface area contributed by atoms with Crippen molar-refractivity contribution in [2.75, 3.05) is 12.4 Å². The van der Waals surface area contributed by atoms with Gasteiger partial charge in [-0.25, -0.2) is 4.79 Å². The predicted octanol–water partition coefficient (Wildman–Crippen LogP) is 6.38. The minimum absolute atomic E-state index is 0.242. The number of hydrogen-bond donors (Lipinski definition) is 1. The van der Waals surface area contributed by atoms with Gasteiger partial charge < -0.3 is 10.1 Å². The van der Waals surface area contributed by atoms with Crippen LogP contribution in [0.4, 0.5) is 5.69 Å². The van der Waals surface area contributed by atoms with Gasteiger partial charge in [0.2, 0.25) is 0 Å². The normalized spacial score (nSPS) is 10.9. The molecule has 4 aromatic rings. The molecule has 0 unspecified atom stereocenters. The Morgan fingerprint density at radius 1 is 1.07 bits per heavy atom. The molecular weight excluding hydrogens is 422 g/mol. The second-order valence-electron chi connectivity index (χ2n) is 5.57. The Kier molecular flexibility index (Phi) is 5.01. The van der Waals surface area contributed by atoms with Crippen molar-refractivity contribution >= 4 is 72.6 Å². The molecule has 0 atom stereocenters. The molecule has 1 N–H and O–H groups in total. The number of anilines is 1.